The molecular weight excluding hydrogens is 316 g/mol. The fourth-order valence-electron chi connectivity index (χ4n) is 0.417. The van der Waals surface area contributed by atoms with Gasteiger partial charge < -0.3 is 9.29 Å². The molecule has 0 aromatic heterocycles. The molecule has 74 valence electrons. The molecule has 0 aliphatic carbocycles. The van der Waals surface area contributed by atoms with Crippen LogP contribution in [0.2, 0.25) is 0 Å². The molecule has 1 atom stereocenters. The van der Waals surface area contributed by atoms with Gasteiger partial charge in [0.05, 0.1) is 29.1 Å². The van der Waals surface area contributed by atoms with Crippen LogP contribution in [0, 0.1) is 0 Å². The maximum atomic E-state index is 10.1. The lowest BCUT2D eigenvalue weighted by atomic mass is 10.5. The third-order valence-electron chi connectivity index (χ3n) is 0.944. The smallest absolute Gasteiger partial charge is 0.0968 e. The van der Waals surface area contributed by atoms with Crippen molar-refractivity contribution in [3.63, 3.8) is 0 Å². The Balaban J connectivity index is 3.34. The quantitative estimate of drug-likeness (QED) is 0.410. The van der Waals surface area contributed by atoms with Gasteiger partial charge in [0.15, 0.2) is 0 Å². The first-order valence-electron chi connectivity index (χ1n) is 3.17. The van der Waals surface area contributed by atoms with E-state index in [1.807, 2.05) is 0 Å². The number of halogens is 2. The zero-order chi connectivity index (χ0) is 9.61. The third kappa shape index (κ3) is 8.92. The Kier molecular flexibility index (Phi) is 6.75. The van der Waals surface area contributed by atoms with Gasteiger partial charge in [-0.05, 0) is 0 Å². The van der Waals surface area contributed by atoms with Crippen molar-refractivity contribution in [3.05, 3.63) is 0 Å². The SMILES string of the molecule is O=S(=O)([O-])CCOCC(Br)CBr. The molecule has 0 aromatic rings. The van der Waals surface area contributed by atoms with E-state index in [-0.39, 0.29) is 11.4 Å². The van der Waals surface area contributed by atoms with Gasteiger partial charge in [-0.15, -0.1) is 0 Å². The summed E-state index contributed by atoms with van der Waals surface area (Å²) in [4.78, 5) is 0.145. The summed E-state index contributed by atoms with van der Waals surface area (Å²) in [5, 5.41) is 0.719. The standard InChI is InChI=1S/C5H10Br2O4S/c6-3-5(7)4-11-1-2-12(8,9)10/h5H,1-4H2,(H,8,9,10)/p-1. The van der Waals surface area contributed by atoms with E-state index in [1.165, 1.54) is 0 Å². The summed E-state index contributed by atoms with van der Waals surface area (Å²) < 4.78 is 35.2. The summed E-state index contributed by atoms with van der Waals surface area (Å²) in [7, 11) is -4.13. The molecule has 12 heavy (non-hydrogen) atoms. The van der Waals surface area contributed by atoms with Crippen molar-refractivity contribution in [1.82, 2.24) is 0 Å². The molecule has 0 saturated heterocycles. The Labute approximate surface area is 88.7 Å². The van der Waals surface area contributed by atoms with E-state index in [2.05, 4.69) is 31.9 Å². The summed E-state index contributed by atoms with van der Waals surface area (Å²) in [5.41, 5.74) is 0. The maximum Gasteiger partial charge on any atom is 0.0968 e. The van der Waals surface area contributed by atoms with Crippen LogP contribution >= 0.6 is 31.9 Å². The molecular formula is C5H9Br2O4S-. The van der Waals surface area contributed by atoms with E-state index in [1.54, 1.807) is 0 Å². The Morgan fingerprint density at radius 1 is 1.50 bits per heavy atom. The highest BCUT2D eigenvalue weighted by Crippen LogP contribution is 2.03. The van der Waals surface area contributed by atoms with Crippen molar-refractivity contribution in [3.8, 4) is 0 Å². The van der Waals surface area contributed by atoms with E-state index in [0.29, 0.717) is 6.61 Å². The van der Waals surface area contributed by atoms with Gasteiger partial charge in [-0.2, -0.15) is 0 Å². The number of hydrogen-bond acceptors (Lipinski definition) is 4. The molecule has 0 radical (unpaired) electrons. The Morgan fingerprint density at radius 3 is 2.50 bits per heavy atom. The highest BCUT2D eigenvalue weighted by molar-refractivity contribution is 9.12. The first-order valence-corrected chi connectivity index (χ1v) is 6.78. The van der Waals surface area contributed by atoms with Crippen LogP contribution in [-0.2, 0) is 14.9 Å². The van der Waals surface area contributed by atoms with Crippen LogP contribution in [0.15, 0.2) is 0 Å². The second-order valence-corrected chi connectivity index (χ2v) is 5.55. The van der Waals surface area contributed by atoms with Gasteiger partial charge in [0.25, 0.3) is 0 Å². The van der Waals surface area contributed by atoms with Gasteiger partial charge in [-0.25, -0.2) is 8.42 Å². The summed E-state index contributed by atoms with van der Waals surface area (Å²) in [6, 6.07) is 0. The maximum absolute atomic E-state index is 10.1. The van der Waals surface area contributed by atoms with Gasteiger partial charge in [-0.1, -0.05) is 31.9 Å². The average molecular weight is 325 g/mol. The number of alkyl halides is 2. The molecule has 7 heteroatoms. The van der Waals surface area contributed by atoms with Gasteiger partial charge in [-0.3, -0.25) is 0 Å². The zero-order valence-corrected chi connectivity index (χ0v) is 10.2. The average Bonchev–Trinajstić information content (AvgIpc) is 1.96. The molecule has 0 bridgehead atoms. The Bertz CT molecular complexity index is 203. The molecule has 0 aliphatic rings. The minimum atomic E-state index is -4.13. The molecule has 0 heterocycles. The number of hydrogen-bond donors (Lipinski definition) is 0. The molecule has 0 rings (SSSR count). The topological polar surface area (TPSA) is 66.4 Å². The monoisotopic (exact) mass is 323 g/mol. The highest BCUT2D eigenvalue weighted by atomic mass is 79.9. The third-order valence-corrected chi connectivity index (χ3v) is 3.85. The van der Waals surface area contributed by atoms with E-state index in [9.17, 15) is 13.0 Å². The lowest BCUT2D eigenvalue weighted by molar-refractivity contribution is 0.153. The molecule has 4 nitrogen and oxygen atoms in total. The normalized spacial score (nSPS) is 14.6. The van der Waals surface area contributed by atoms with Crippen molar-refractivity contribution in [1.29, 1.82) is 0 Å². The van der Waals surface area contributed by atoms with Crippen molar-refractivity contribution in [2.75, 3.05) is 24.3 Å². The molecule has 0 spiro atoms. The van der Waals surface area contributed by atoms with Gasteiger partial charge >= 0.3 is 0 Å². The van der Waals surface area contributed by atoms with Gasteiger partial charge in [0.2, 0.25) is 0 Å². The second kappa shape index (κ2) is 6.31. The van der Waals surface area contributed by atoms with Gasteiger partial charge in [0, 0.05) is 10.2 Å². The lowest BCUT2D eigenvalue weighted by Crippen LogP contribution is -2.16. The molecule has 0 N–H and O–H groups in total. The number of rotatable bonds is 6. The van der Waals surface area contributed by atoms with Crippen molar-refractivity contribution in [2.24, 2.45) is 0 Å². The lowest BCUT2D eigenvalue weighted by Gasteiger charge is -2.09. The van der Waals surface area contributed by atoms with Crippen molar-refractivity contribution < 1.29 is 17.7 Å². The first-order chi connectivity index (χ1) is 5.45. The van der Waals surface area contributed by atoms with Gasteiger partial charge in [0.1, 0.15) is 0 Å². The summed E-state index contributed by atoms with van der Waals surface area (Å²) in [6.07, 6.45) is 0. The minimum absolute atomic E-state index is 0.0407. The molecule has 0 aromatic carbocycles. The summed E-state index contributed by atoms with van der Waals surface area (Å²) >= 11 is 6.46. The zero-order valence-electron chi connectivity index (χ0n) is 6.20. The Hall–Kier alpha value is 0.830. The first kappa shape index (κ1) is 12.8. The fraction of sp³-hybridized carbons (Fsp3) is 1.00. The molecule has 0 fully saturated rings. The molecule has 1 unspecified atom stereocenters. The number of ether oxygens (including phenoxy) is 1. The van der Waals surface area contributed by atoms with E-state index in [0.717, 1.165) is 5.33 Å². The summed E-state index contributed by atoms with van der Waals surface area (Å²) in [5.74, 6) is -0.463. The van der Waals surface area contributed by atoms with Crippen LogP contribution in [0.4, 0.5) is 0 Å². The molecule has 0 aliphatic heterocycles. The highest BCUT2D eigenvalue weighted by Gasteiger charge is 2.01. The Morgan fingerprint density at radius 2 is 2.08 bits per heavy atom. The fourth-order valence-corrected chi connectivity index (χ4v) is 1.11. The van der Waals surface area contributed by atoms with Crippen LogP contribution in [0.3, 0.4) is 0 Å². The van der Waals surface area contributed by atoms with Crippen LogP contribution < -0.4 is 0 Å². The second-order valence-electron chi connectivity index (χ2n) is 2.09. The van der Waals surface area contributed by atoms with Crippen LogP contribution in [0.5, 0.6) is 0 Å². The molecule has 0 saturated carbocycles. The summed E-state index contributed by atoms with van der Waals surface area (Å²) in [6.45, 7) is 0.349. The van der Waals surface area contributed by atoms with Crippen molar-refractivity contribution in [2.45, 2.75) is 4.83 Å². The van der Waals surface area contributed by atoms with E-state index >= 15 is 0 Å². The van der Waals surface area contributed by atoms with Crippen LogP contribution in [0.25, 0.3) is 0 Å². The van der Waals surface area contributed by atoms with E-state index < -0.39 is 15.9 Å². The predicted molar refractivity (Wildman–Crippen MR) is 51.9 cm³/mol. The predicted octanol–water partition coefficient (Wildman–Crippen LogP) is 0.707. The van der Waals surface area contributed by atoms with E-state index in [4.69, 9.17) is 4.74 Å². The van der Waals surface area contributed by atoms with Crippen LogP contribution in [0.1, 0.15) is 0 Å². The largest absolute Gasteiger partial charge is 0.748 e. The van der Waals surface area contributed by atoms with Crippen molar-refractivity contribution >= 4 is 42.0 Å². The minimum Gasteiger partial charge on any atom is -0.748 e. The van der Waals surface area contributed by atoms with Crippen LogP contribution in [-0.4, -0.2) is 42.1 Å². The molecule has 0 amide bonds.